The Morgan fingerprint density at radius 3 is 2.58 bits per heavy atom. The molecule has 1 aliphatic rings. The second-order valence-corrected chi connectivity index (χ2v) is 6.88. The molecule has 7 heteroatoms. The number of ether oxygens (including phenoxy) is 2. The van der Waals surface area contributed by atoms with Crippen molar-refractivity contribution in [3.05, 3.63) is 46.4 Å². The molecule has 24 heavy (non-hydrogen) atoms. The maximum absolute atomic E-state index is 12.5. The van der Waals surface area contributed by atoms with E-state index in [-0.39, 0.29) is 5.75 Å². The highest BCUT2D eigenvalue weighted by molar-refractivity contribution is 9.10. The van der Waals surface area contributed by atoms with Crippen molar-refractivity contribution in [1.82, 2.24) is 0 Å². The molecule has 0 radical (unpaired) electrons. The summed E-state index contributed by atoms with van der Waals surface area (Å²) in [4.78, 5) is 0. The van der Waals surface area contributed by atoms with E-state index < -0.39 is 12.0 Å². The van der Waals surface area contributed by atoms with E-state index in [9.17, 15) is 13.2 Å². The predicted molar refractivity (Wildman–Crippen MR) is 88.9 cm³/mol. The molecule has 0 aliphatic carbocycles. The molecule has 0 spiro atoms. The van der Waals surface area contributed by atoms with E-state index in [0.717, 1.165) is 16.8 Å². The van der Waals surface area contributed by atoms with Crippen LogP contribution in [0.4, 0.5) is 18.9 Å². The monoisotopic (exact) mass is 401 g/mol. The first-order valence-electron chi connectivity index (χ1n) is 7.23. The molecule has 128 valence electrons. The number of alkyl halides is 3. The Morgan fingerprint density at radius 2 is 1.88 bits per heavy atom. The van der Waals surface area contributed by atoms with Gasteiger partial charge >= 0.3 is 6.36 Å². The molecule has 1 heterocycles. The third kappa shape index (κ3) is 3.67. The molecular weight excluding hydrogens is 387 g/mol. The summed E-state index contributed by atoms with van der Waals surface area (Å²) in [6.07, 6.45) is -4.73. The number of benzene rings is 2. The average molecular weight is 402 g/mol. The third-order valence-corrected chi connectivity index (χ3v) is 4.26. The first-order valence-corrected chi connectivity index (χ1v) is 8.02. The van der Waals surface area contributed by atoms with Gasteiger partial charge in [0, 0.05) is 15.7 Å². The van der Waals surface area contributed by atoms with Gasteiger partial charge in [0.1, 0.15) is 12.5 Å². The van der Waals surface area contributed by atoms with Gasteiger partial charge in [0.15, 0.2) is 0 Å². The summed E-state index contributed by atoms with van der Waals surface area (Å²) in [5, 5.41) is 3.15. The van der Waals surface area contributed by atoms with E-state index in [1.54, 1.807) is 6.07 Å². The van der Waals surface area contributed by atoms with E-state index in [2.05, 4.69) is 26.0 Å². The van der Waals surface area contributed by atoms with Crippen molar-refractivity contribution in [2.75, 3.05) is 12.0 Å². The van der Waals surface area contributed by atoms with Gasteiger partial charge in [-0.05, 0) is 55.3 Å². The second kappa shape index (κ2) is 5.97. The molecule has 2 aromatic carbocycles. The quantitative estimate of drug-likeness (QED) is 0.705. The van der Waals surface area contributed by atoms with Crippen LogP contribution in [0.25, 0.3) is 11.1 Å². The first kappa shape index (κ1) is 17.1. The SMILES string of the molecule is CC1(C)OCNc2ccc(-c3cc(Br)cc(OC(F)(F)F)c3)cc21. The van der Waals surface area contributed by atoms with E-state index >= 15 is 0 Å². The smallest absolute Gasteiger partial charge is 0.406 e. The van der Waals surface area contributed by atoms with Crippen LogP contribution >= 0.6 is 15.9 Å². The fourth-order valence-electron chi connectivity index (χ4n) is 2.67. The van der Waals surface area contributed by atoms with Gasteiger partial charge in [0.2, 0.25) is 0 Å². The van der Waals surface area contributed by atoms with E-state index in [4.69, 9.17) is 4.74 Å². The van der Waals surface area contributed by atoms with Crippen molar-refractivity contribution in [2.45, 2.75) is 25.8 Å². The Morgan fingerprint density at radius 1 is 1.12 bits per heavy atom. The lowest BCUT2D eigenvalue weighted by Crippen LogP contribution is -2.31. The molecular formula is C17H15BrF3NO2. The highest BCUT2D eigenvalue weighted by atomic mass is 79.9. The van der Waals surface area contributed by atoms with Gasteiger partial charge in [-0.25, -0.2) is 0 Å². The van der Waals surface area contributed by atoms with Crippen molar-refractivity contribution >= 4 is 21.6 Å². The van der Waals surface area contributed by atoms with Crippen LogP contribution in [0, 0.1) is 0 Å². The Labute approximate surface area is 145 Å². The minimum absolute atomic E-state index is 0.266. The molecule has 0 atom stereocenters. The summed E-state index contributed by atoms with van der Waals surface area (Å²) in [6, 6.07) is 10.1. The number of hydrogen-bond acceptors (Lipinski definition) is 3. The van der Waals surface area contributed by atoms with Crippen molar-refractivity contribution < 1.29 is 22.6 Å². The highest BCUT2D eigenvalue weighted by Crippen LogP contribution is 2.39. The molecule has 0 saturated carbocycles. The third-order valence-electron chi connectivity index (χ3n) is 3.80. The lowest BCUT2D eigenvalue weighted by atomic mass is 9.91. The van der Waals surface area contributed by atoms with Crippen LogP contribution in [0.15, 0.2) is 40.9 Å². The molecule has 3 rings (SSSR count). The number of hydrogen-bond donors (Lipinski definition) is 1. The molecule has 0 fully saturated rings. The molecule has 1 N–H and O–H groups in total. The number of anilines is 1. The van der Waals surface area contributed by atoms with Gasteiger partial charge in [-0.1, -0.05) is 22.0 Å². The zero-order valence-corrected chi connectivity index (χ0v) is 14.6. The standard InChI is InChI=1S/C17H15BrF3NO2/c1-16(2)14-7-10(3-4-15(14)22-9-23-16)11-5-12(18)8-13(6-11)24-17(19,20)21/h3-8,22H,9H2,1-2H3. The van der Waals surface area contributed by atoms with E-state index in [0.29, 0.717) is 16.8 Å². The minimum Gasteiger partial charge on any atom is -0.406 e. The van der Waals surface area contributed by atoms with Crippen molar-refractivity contribution in [2.24, 2.45) is 0 Å². The Bertz CT molecular complexity index is 775. The minimum atomic E-state index is -4.73. The van der Waals surface area contributed by atoms with Crippen LogP contribution in [-0.2, 0) is 10.3 Å². The Kier molecular flexibility index (Phi) is 4.25. The maximum Gasteiger partial charge on any atom is 0.573 e. The van der Waals surface area contributed by atoms with E-state index in [1.165, 1.54) is 12.1 Å². The lowest BCUT2D eigenvalue weighted by molar-refractivity contribution is -0.274. The van der Waals surface area contributed by atoms with Crippen molar-refractivity contribution in [1.29, 1.82) is 0 Å². The molecule has 0 unspecified atom stereocenters. The first-order chi connectivity index (χ1) is 11.1. The fourth-order valence-corrected chi connectivity index (χ4v) is 3.14. The largest absolute Gasteiger partial charge is 0.573 e. The molecule has 2 aromatic rings. The molecule has 0 bridgehead atoms. The molecule has 3 nitrogen and oxygen atoms in total. The van der Waals surface area contributed by atoms with Gasteiger partial charge in [-0.3, -0.25) is 0 Å². The van der Waals surface area contributed by atoms with Crippen LogP contribution in [0.5, 0.6) is 5.75 Å². The topological polar surface area (TPSA) is 30.5 Å². The zero-order valence-electron chi connectivity index (χ0n) is 13.0. The summed E-state index contributed by atoms with van der Waals surface area (Å²) in [6.45, 7) is 4.32. The lowest BCUT2D eigenvalue weighted by Gasteiger charge is -2.34. The van der Waals surface area contributed by atoms with Gasteiger partial charge in [0.05, 0.1) is 5.60 Å². The fraction of sp³-hybridized carbons (Fsp3) is 0.294. The van der Waals surface area contributed by atoms with Crippen LogP contribution < -0.4 is 10.1 Å². The van der Waals surface area contributed by atoms with Gasteiger partial charge in [0.25, 0.3) is 0 Å². The normalized spacial score (nSPS) is 16.2. The predicted octanol–water partition coefficient (Wildman–Crippen LogP) is 5.65. The Balaban J connectivity index is 2.03. The summed E-state index contributed by atoms with van der Waals surface area (Å²) in [5.74, 6) is -0.266. The second-order valence-electron chi connectivity index (χ2n) is 5.96. The number of halogens is 4. The number of nitrogens with one attached hydrogen (secondary N) is 1. The zero-order chi connectivity index (χ0) is 17.5. The maximum atomic E-state index is 12.5. The van der Waals surface area contributed by atoms with Crippen LogP contribution in [0.3, 0.4) is 0 Å². The van der Waals surface area contributed by atoms with Crippen LogP contribution in [0.2, 0.25) is 0 Å². The van der Waals surface area contributed by atoms with Crippen LogP contribution in [-0.4, -0.2) is 13.1 Å². The highest BCUT2D eigenvalue weighted by Gasteiger charge is 2.32. The molecule has 1 aliphatic heterocycles. The van der Waals surface area contributed by atoms with Gasteiger partial charge < -0.3 is 14.8 Å². The van der Waals surface area contributed by atoms with E-state index in [1.807, 2.05) is 32.0 Å². The number of rotatable bonds is 2. The summed E-state index contributed by atoms with van der Waals surface area (Å²) >= 11 is 3.23. The molecule has 0 amide bonds. The molecule has 0 saturated heterocycles. The average Bonchev–Trinajstić information content (AvgIpc) is 2.44. The number of fused-ring (bicyclic) bond motifs is 1. The van der Waals surface area contributed by atoms with Gasteiger partial charge in [-0.15, -0.1) is 13.2 Å². The summed E-state index contributed by atoms with van der Waals surface area (Å²) in [5.41, 5.74) is 2.82. The molecule has 0 aromatic heterocycles. The van der Waals surface area contributed by atoms with Crippen LogP contribution in [0.1, 0.15) is 19.4 Å². The van der Waals surface area contributed by atoms with Crippen molar-refractivity contribution in [3.8, 4) is 16.9 Å². The van der Waals surface area contributed by atoms with Crippen molar-refractivity contribution in [3.63, 3.8) is 0 Å². The Hall–Kier alpha value is -1.73. The summed E-state index contributed by atoms with van der Waals surface area (Å²) < 4.78 is 47.7. The van der Waals surface area contributed by atoms with Gasteiger partial charge in [-0.2, -0.15) is 0 Å². The summed E-state index contributed by atoms with van der Waals surface area (Å²) in [7, 11) is 0.